The Morgan fingerprint density at radius 1 is 1.50 bits per heavy atom. The van der Waals surface area contributed by atoms with Gasteiger partial charge in [0, 0.05) is 20.2 Å². The number of hydrogen-bond acceptors (Lipinski definition) is 4. The van der Waals surface area contributed by atoms with Crippen LogP contribution in [0.3, 0.4) is 0 Å². The zero-order valence-corrected chi connectivity index (χ0v) is 10.2. The number of likely N-dealkylation sites (tertiary alicyclic amines) is 1. The number of nitrogens with zero attached hydrogens (tertiary/aromatic N) is 1. The normalized spacial score (nSPS) is 20.9. The van der Waals surface area contributed by atoms with Crippen LogP contribution in [0, 0.1) is 0 Å². The van der Waals surface area contributed by atoms with Crippen LogP contribution in [0.1, 0.15) is 19.8 Å². The van der Waals surface area contributed by atoms with E-state index in [4.69, 9.17) is 9.84 Å². The Morgan fingerprint density at radius 2 is 2.12 bits per heavy atom. The number of methoxy groups -OCH3 is 1. The van der Waals surface area contributed by atoms with E-state index in [9.17, 15) is 4.79 Å². The molecule has 0 spiro atoms. The van der Waals surface area contributed by atoms with Gasteiger partial charge in [0.15, 0.2) is 0 Å². The molecule has 0 aromatic rings. The summed E-state index contributed by atoms with van der Waals surface area (Å²) in [5.41, 5.74) is -0.978. The Morgan fingerprint density at radius 3 is 2.62 bits per heavy atom. The van der Waals surface area contributed by atoms with Crippen molar-refractivity contribution in [2.75, 3.05) is 39.9 Å². The van der Waals surface area contributed by atoms with Crippen molar-refractivity contribution in [3.05, 3.63) is 0 Å². The third-order valence-electron chi connectivity index (χ3n) is 3.05. The first-order valence-electron chi connectivity index (χ1n) is 5.78. The van der Waals surface area contributed by atoms with Crippen molar-refractivity contribution in [1.29, 1.82) is 0 Å². The van der Waals surface area contributed by atoms with Gasteiger partial charge < -0.3 is 14.7 Å². The SMILES string of the molecule is COCC(C)(NCCN1CCCC1)C(=O)O. The standard InChI is InChI=1S/C11H22N2O3/c1-11(9-16-2,10(14)15)12-5-8-13-6-3-4-7-13/h12H,3-9H2,1-2H3,(H,14,15). The van der Waals surface area contributed by atoms with E-state index in [1.54, 1.807) is 6.92 Å². The lowest BCUT2D eigenvalue weighted by Crippen LogP contribution is -2.54. The van der Waals surface area contributed by atoms with Crippen LogP contribution in [0.4, 0.5) is 0 Å². The topological polar surface area (TPSA) is 61.8 Å². The molecule has 5 heteroatoms. The highest BCUT2D eigenvalue weighted by Gasteiger charge is 2.32. The van der Waals surface area contributed by atoms with Crippen LogP contribution in [0.15, 0.2) is 0 Å². The Labute approximate surface area is 96.8 Å². The molecule has 2 N–H and O–H groups in total. The Bertz CT molecular complexity index is 229. The number of nitrogens with one attached hydrogen (secondary N) is 1. The number of carboxylic acid groups (broad SMARTS) is 1. The molecule has 1 fully saturated rings. The van der Waals surface area contributed by atoms with Crippen molar-refractivity contribution < 1.29 is 14.6 Å². The number of hydrogen-bond donors (Lipinski definition) is 2. The van der Waals surface area contributed by atoms with Gasteiger partial charge in [0.2, 0.25) is 0 Å². The monoisotopic (exact) mass is 230 g/mol. The first kappa shape index (κ1) is 13.4. The van der Waals surface area contributed by atoms with E-state index in [2.05, 4.69) is 10.2 Å². The average molecular weight is 230 g/mol. The molecule has 1 rings (SSSR count). The summed E-state index contributed by atoms with van der Waals surface area (Å²) in [6.07, 6.45) is 2.52. The van der Waals surface area contributed by atoms with Gasteiger partial charge in [-0.2, -0.15) is 0 Å². The predicted octanol–water partition coefficient (Wildman–Crippen LogP) is 0.162. The molecule has 0 aromatic carbocycles. The first-order valence-corrected chi connectivity index (χ1v) is 5.78. The Balaban J connectivity index is 2.29. The second kappa shape index (κ2) is 6.18. The summed E-state index contributed by atoms with van der Waals surface area (Å²) in [5.74, 6) is -0.865. The molecule has 1 heterocycles. The molecule has 0 saturated carbocycles. The fraction of sp³-hybridized carbons (Fsp3) is 0.909. The lowest BCUT2D eigenvalue weighted by molar-refractivity contribution is -0.146. The Hall–Kier alpha value is -0.650. The van der Waals surface area contributed by atoms with Gasteiger partial charge in [0.1, 0.15) is 5.54 Å². The highest BCUT2D eigenvalue weighted by Crippen LogP contribution is 2.07. The summed E-state index contributed by atoms with van der Waals surface area (Å²) in [6.45, 7) is 5.70. The smallest absolute Gasteiger partial charge is 0.326 e. The third-order valence-corrected chi connectivity index (χ3v) is 3.05. The molecule has 1 unspecified atom stereocenters. The van der Waals surface area contributed by atoms with E-state index in [1.165, 1.54) is 20.0 Å². The molecular formula is C11H22N2O3. The minimum absolute atomic E-state index is 0.183. The van der Waals surface area contributed by atoms with Gasteiger partial charge in [0.05, 0.1) is 6.61 Å². The number of aliphatic carboxylic acids is 1. The highest BCUT2D eigenvalue weighted by atomic mass is 16.5. The number of carbonyl (C=O) groups is 1. The molecule has 0 radical (unpaired) electrons. The zero-order valence-electron chi connectivity index (χ0n) is 10.2. The van der Waals surface area contributed by atoms with Crippen LogP contribution in [-0.2, 0) is 9.53 Å². The minimum Gasteiger partial charge on any atom is -0.480 e. The second-order valence-electron chi connectivity index (χ2n) is 4.55. The maximum absolute atomic E-state index is 11.1. The number of ether oxygens (including phenoxy) is 1. The van der Waals surface area contributed by atoms with Gasteiger partial charge in [-0.25, -0.2) is 0 Å². The molecule has 1 aliphatic rings. The molecule has 94 valence electrons. The van der Waals surface area contributed by atoms with Gasteiger partial charge in [-0.15, -0.1) is 0 Å². The molecule has 5 nitrogen and oxygen atoms in total. The van der Waals surface area contributed by atoms with Crippen molar-refractivity contribution in [3.8, 4) is 0 Å². The van der Waals surface area contributed by atoms with Crippen LogP contribution in [0.2, 0.25) is 0 Å². The van der Waals surface area contributed by atoms with E-state index in [0.717, 1.165) is 19.6 Å². The molecule has 16 heavy (non-hydrogen) atoms. The van der Waals surface area contributed by atoms with E-state index in [1.807, 2.05) is 0 Å². The molecule has 0 aliphatic carbocycles. The molecule has 1 aliphatic heterocycles. The summed E-state index contributed by atoms with van der Waals surface area (Å²) < 4.78 is 4.93. The quantitative estimate of drug-likeness (QED) is 0.652. The summed E-state index contributed by atoms with van der Waals surface area (Å²) in [4.78, 5) is 13.4. The largest absolute Gasteiger partial charge is 0.480 e. The molecule has 1 atom stereocenters. The van der Waals surface area contributed by atoms with Gasteiger partial charge >= 0.3 is 5.97 Å². The molecule has 0 bridgehead atoms. The van der Waals surface area contributed by atoms with Crippen molar-refractivity contribution in [3.63, 3.8) is 0 Å². The fourth-order valence-electron chi connectivity index (χ4n) is 1.97. The van der Waals surface area contributed by atoms with Crippen molar-refractivity contribution >= 4 is 5.97 Å². The molecule has 0 amide bonds. The lowest BCUT2D eigenvalue weighted by Gasteiger charge is -2.26. The number of rotatable bonds is 7. The first-order chi connectivity index (χ1) is 7.58. The lowest BCUT2D eigenvalue weighted by atomic mass is 10.0. The molecule has 0 aromatic heterocycles. The Kier molecular flexibility index (Phi) is 5.18. The van der Waals surface area contributed by atoms with Crippen molar-refractivity contribution in [1.82, 2.24) is 10.2 Å². The maximum atomic E-state index is 11.1. The van der Waals surface area contributed by atoms with Gasteiger partial charge in [-0.05, 0) is 32.9 Å². The van der Waals surface area contributed by atoms with E-state index < -0.39 is 11.5 Å². The summed E-state index contributed by atoms with van der Waals surface area (Å²) in [7, 11) is 1.52. The van der Waals surface area contributed by atoms with Gasteiger partial charge in [-0.3, -0.25) is 10.1 Å². The fourth-order valence-corrected chi connectivity index (χ4v) is 1.97. The van der Waals surface area contributed by atoms with E-state index in [-0.39, 0.29) is 6.61 Å². The summed E-state index contributed by atoms with van der Waals surface area (Å²) in [5, 5.41) is 12.2. The predicted molar refractivity (Wildman–Crippen MR) is 61.6 cm³/mol. The second-order valence-corrected chi connectivity index (χ2v) is 4.55. The summed E-state index contributed by atoms with van der Waals surface area (Å²) >= 11 is 0. The van der Waals surface area contributed by atoms with E-state index >= 15 is 0 Å². The van der Waals surface area contributed by atoms with Crippen LogP contribution < -0.4 is 5.32 Å². The van der Waals surface area contributed by atoms with Gasteiger partial charge in [0.25, 0.3) is 0 Å². The van der Waals surface area contributed by atoms with E-state index in [0.29, 0.717) is 6.54 Å². The van der Waals surface area contributed by atoms with Crippen molar-refractivity contribution in [2.24, 2.45) is 0 Å². The van der Waals surface area contributed by atoms with Crippen molar-refractivity contribution in [2.45, 2.75) is 25.3 Å². The highest BCUT2D eigenvalue weighted by molar-refractivity contribution is 5.78. The van der Waals surface area contributed by atoms with Gasteiger partial charge in [-0.1, -0.05) is 0 Å². The molecule has 1 saturated heterocycles. The number of carboxylic acids is 1. The zero-order chi connectivity index (χ0) is 12.0. The van der Waals surface area contributed by atoms with Crippen LogP contribution in [0.25, 0.3) is 0 Å². The minimum atomic E-state index is -0.978. The third kappa shape index (κ3) is 3.73. The average Bonchev–Trinajstić information content (AvgIpc) is 2.70. The summed E-state index contributed by atoms with van der Waals surface area (Å²) in [6, 6.07) is 0. The van der Waals surface area contributed by atoms with Crippen LogP contribution >= 0.6 is 0 Å². The van der Waals surface area contributed by atoms with Crippen LogP contribution in [0.5, 0.6) is 0 Å². The maximum Gasteiger partial charge on any atom is 0.326 e. The molecular weight excluding hydrogens is 208 g/mol. The van der Waals surface area contributed by atoms with Crippen LogP contribution in [-0.4, -0.2) is 61.4 Å².